The van der Waals surface area contributed by atoms with E-state index >= 15 is 0 Å². The van der Waals surface area contributed by atoms with Gasteiger partial charge in [-0.2, -0.15) is 0 Å². The zero-order valence-electron chi connectivity index (χ0n) is 10.6. The van der Waals surface area contributed by atoms with Crippen LogP contribution < -0.4 is 11.1 Å². The van der Waals surface area contributed by atoms with Crippen molar-refractivity contribution in [2.75, 3.05) is 6.54 Å². The quantitative estimate of drug-likeness (QED) is 0.284. The van der Waals surface area contributed by atoms with Crippen molar-refractivity contribution < 1.29 is 10.0 Å². The lowest BCUT2D eigenvalue weighted by Gasteiger charge is -2.13. The van der Waals surface area contributed by atoms with E-state index in [1.807, 2.05) is 17.8 Å². The van der Waals surface area contributed by atoms with Crippen molar-refractivity contribution >= 4 is 11.7 Å². The molecule has 1 rings (SSSR count). The van der Waals surface area contributed by atoms with Crippen molar-refractivity contribution in [3.05, 3.63) is 18.2 Å². The molecule has 1 aromatic heterocycles. The maximum absolute atomic E-state index is 11.8. The molecule has 0 fully saturated rings. The number of aryl methyl sites for hydroxylation is 1. The van der Waals surface area contributed by atoms with E-state index in [1.54, 1.807) is 13.1 Å². The summed E-state index contributed by atoms with van der Waals surface area (Å²) in [7, 11) is 1.90. The molecule has 0 saturated carbocycles. The molecule has 0 aromatic carbocycles. The summed E-state index contributed by atoms with van der Waals surface area (Å²) in [6.45, 7) is 2.28. The van der Waals surface area contributed by atoms with Crippen LogP contribution in [-0.4, -0.2) is 33.0 Å². The third kappa shape index (κ3) is 3.47. The molecule has 1 amide bonds. The normalized spacial score (nSPS) is 13.3. The van der Waals surface area contributed by atoms with E-state index in [2.05, 4.69) is 15.5 Å². The Kier molecular flexibility index (Phi) is 5.16. The highest BCUT2D eigenvalue weighted by Crippen LogP contribution is 2.03. The molecular formula is C11H19N5O2. The highest BCUT2D eigenvalue weighted by molar-refractivity contribution is 6.01. The average Bonchev–Trinajstić information content (AvgIpc) is 2.76. The molecule has 100 valence electrons. The van der Waals surface area contributed by atoms with Gasteiger partial charge in [0.2, 0.25) is 5.91 Å². The van der Waals surface area contributed by atoms with Crippen molar-refractivity contribution in [3.8, 4) is 0 Å². The van der Waals surface area contributed by atoms with E-state index in [1.165, 1.54) is 0 Å². The second-order valence-corrected chi connectivity index (χ2v) is 3.98. The second kappa shape index (κ2) is 6.63. The highest BCUT2D eigenvalue weighted by atomic mass is 16.4. The molecule has 0 bridgehead atoms. The monoisotopic (exact) mass is 253 g/mol. The fourth-order valence-corrected chi connectivity index (χ4v) is 1.66. The van der Waals surface area contributed by atoms with Gasteiger partial charge in [-0.05, 0) is 6.42 Å². The zero-order chi connectivity index (χ0) is 13.5. The number of aromatic nitrogens is 2. The van der Waals surface area contributed by atoms with Crippen LogP contribution in [0, 0.1) is 5.92 Å². The number of oxime groups is 1. The Labute approximate surface area is 106 Å². The first-order valence-electron chi connectivity index (χ1n) is 5.81. The van der Waals surface area contributed by atoms with Gasteiger partial charge in [-0.3, -0.25) is 4.79 Å². The van der Waals surface area contributed by atoms with Crippen molar-refractivity contribution in [1.82, 2.24) is 14.9 Å². The molecule has 18 heavy (non-hydrogen) atoms. The van der Waals surface area contributed by atoms with Crippen LogP contribution in [0.15, 0.2) is 17.5 Å². The summed E-state index contributed by atoms with van der Waals surface area (Å²) in [6, 6.07) is 0. The molecule has 1 heterocycles. The molecule has 1 unspecified atom stereocenters. The molecule has 1 aromatic rings. The van der Waals surface area contributed by atoms with Crippen LogP contribution in [0.25, 0.3) is 0 Å². The Morgan fingerprint density at radius 3 is 2.94 bits per heavy atom. The average molecular weight is 253 g/mol. The molecule has 7 heteroatoms. The molecule has 0 aliphatic heterocycles. The summed E-state index contributed by atoms with van der Waals surface area (Å²) in [6.07, 6.45) is 4.69. The standard InChI is InChI=1S/C11H19N5O2/c1-3-8(10(12)15-18)11(17)14-5-4-9-13-6-7-16(9)2/h6-8,18H,3-5H2,1-2H3,(H2,12,15)(H,14,17). The van der Waals surface area contributed by atoms with Crippen LogP contribution in [-0.2, 0) is 18.3 Å². The van der Waals surface area contributed by atoms with Gasteiger partial charge in [0.25, 0.3) is 0 Å². The maximum Gasteiger partial charge on any atom is 0.230 e. The first-order chi connectivity index (χ1) is 8.60. The molecule has 0 radical (unpaired) electrons. The molecule has 0 spiro atoms. The van der Waals surface area contributed by atoms with Crippen LogP contribution >= 0.6 is 0 Å². The molecule has 0 aliphatic carbocycles. The second-order valence-electron chi connectivity index (χ2n) is 3.98. The zero-order valence-corrected chi connectivity index (χ0v) is 10.6. The van der Waals surface area contributed by atoms with Crippen LogP contribution in [0.1, 0.15) is 19.2 Å². The lowest BCUT2D eigenvalue weighted by molar-refractivity contribution is -0.123. The largest absolute Gasteiger partial charge is 0.409 e. The Balaban J connectivity index is 2.43. The van der Waals surface area contributed by atoms with Gasteiger partial charge in [-0.1, -0.05) is 12.1 Å². The number of nitrogens with two attached hydrogens (primary N) is 1. The van der Waals surface area contributed by atoms with E-state index in [0.717, 1.165) is 5.82 Å². The number of hydrogen-bond donors (Lipinski definition) is 3. The summed E-state index contributed by atoms with van der Waals surface area (Å²) in [5.74, 6) is 0.0116. The van der Waals surface area contributed by atoms with Gasteiger partial charge in [0.1, 0.15) is 5.82 Å². The van der Waals surface area contributed by atoms with Crippen molar-refractivity contribution in [1.29, 1.82) is 0 Å². The summed E-state index contributed by atoms with van der Waals surface area (Å²) in [5.41, 5.74) is 5.44. The number of rotatable bonds is 6. The number of hydrogen-bond acceptors (Lipinski definition) is 4. The SMILES string of the molecule is CCC(C(=O)NCCc1nccn1C)C(N)=NO. The third-order valence-corrected chi connectivity index (χ3v) is 2.77. The molecular weight excluding hydrogens is 234 g/mol. The Hall–Kier alpha value is -2.05. The Bertz CT molecular complexity index is 427. The lowest BCUT2D eigenvalue weighted by Crippen LogP contribution is -2.39. The summed E-state index contributed by atoms with van der Waals surface area (Å²) in [5, 5.41) is 14.2. The molecule has 1 atom stereocenters. The molecule has 0 aliphatic rings. The van der Waals surface area contributed by atoms with E-state index < -0.39 is 5.92 Å². The van der Waals surface area contributed by atoms with Crippen LogP contribution in [0.5, 0.6) is 0 Å². The number of imidazole rings is 1. The van der Waals surface area contributed by atoms with Gasteiger partial charge in [0.15, 0.2) is 5.84 Å². The van der Waals surface area contributed by atoms with Gasteiger partial charge in [0, 0.05) is 32.4 Å². The van der Waals surface area contributed by atoms with Gasteiger partial charge >= 0.3 is 0 Å². The minimum atomic E-state index is -0.587. The van der Waals surface area contributed by atoms with Crippen molar-refractivity contribution in [3.63, 3.8) is 0 Å². The maximum atomic E-state index is 11.8. The van der Waals surface area contributed by atoms with Crippen LogP contribution in [0.2, 0.25) is 0 Å². The predicted molar refractivity (Wildman–Crippen MR) is 67.1 cm³/mol. The first-order valence-corrected chi connectivity index (χ1v) is 5.81. The number of nitrogens with one attached hydrogen (secondary N) is 1. The van der Waals surface area contributed by atoms with E-state index in [4.69, 9.17) is 10.9 Å². The van der Waals surface area contributed by atoms with E-state index in [0.29, 0.717) is 19.4 Å². The van der Waals surface area contributed by atoms with Crippen molar-refractivity contribution in [2.45, 2.75) is 19.8 Å². The third-order valence-electron chi connectivity index (χ3n) is 2.77. The first kappa shape index (κ1) is 14.0. The molecule has 7 nitrogen and oxygen atoms in total. The fourth-order valence-electron chi connectivity index (χ4n) is 1.66. The summed E-state index contributed by atoms with van der Waals surface area (Å²) < 4.78 is 1.90. The van der Waals surface area contributed by atoms with E-state index in [9.17, 15) is 4.79 Å². The molecule has 0 saturated heterocycles. The number of amidine groups is 1. The predicted octanol–water partition coefficient (Wildman–Crippen LogP) is -0.149. The fraction of sp³-hybridized carbons (Fsp3) is 0.545. The Morgan fingerprint density at radius 2 is 2.44 bits per heavy atom. The van der Waals surface area contributed by atoms with Gasteiger partial charge in [-0.15, -0.1) is 0 Å². The highest BCUT2D eigenvalue weighted by Gasteiger charge is 2.20. The van der Waals surface area contributed by atoms with E-state index in [-0.39, 0.29) is 11.7 Å². The minimum Gasteiger partial charge on any atom is -0.409 e. The number of carbonyl (C=O) groups is 1. The number of carbonyl (C=O) groups excluding carboxylic acids is 1. The van der Waals surface area contributed by atoms with Crippen LogP contribution in [0.3, 0.4) is 0 Å². The summed E-state index contributed by atoms with van der Waals surface area (Å²) >= 11 is 0. The Morgan fingerprint density at radius 1 is 1.72 bits per heavy atom. The van der Waals surface area contributed by atoms with Gasteiger partial charge in [0.05, 0.1) is 5.92 Å². The van der Waals surface area contributed by atoms with Crippen molar-refractivity contribution in [2.24, 2.45) is 23.9 Å². The smallest absolute Gasteiger partial charge is 0.230 e. The topological polar surface area (TPSA) is 106 Å². The molecule has 4 N–H and O–H groups in total. The number of amides is 1. The van der Waals surface area contributed by atoms with Gasteiger partial charge < -0.3 is 20.8 Å². The number of nitrogens with zero attached hydrogens (tertiary/aromatic N) is 3. The van der Waals surface area contributed by atoms with Crippen LogP contribution in [0.4, 0.5) is 0 Å². The lowest BCUT2D eigenvalue weighted by atomic mass is 10.0. The minimum absolute atomic E-state index is 0.0630. The van der Waals surface area contributed by atoms with Gasteiger partial charge in [-0.25, -0.2) is 4.98 Å². The summed E-state index contributed by atoms with van der Waals surface area (Å²) in [4.78, 5) is 15.9.